The first-order valence-corrected chi connectivity index (χ1v) is 6.03. The predicted molar refractivity (Wildman–Crippen MR) is 69.1 cm³/mol. The van der Waals surface area contributed by atoms with Crippen LogP contribution >= 0.6 is 11.6 Å². The number of imidazole rings is 1. The number of nitrogen functional groups attached to an aromatic ring is 1. The van der Waals surface area contributed by atoms with E-state index in [0.717, 1.165) is 12.4 Å². The minimum Gasteiger partial charge on any atom is -0.397 e. The van der Waals surface area contributed by atoms with Crippen LogP contribution in [0.25, 0.3) is 0 Å². The number of nitrogens with zero attached hydrogens (tertiary/aromatic N) is 3. The summed E-state index contributed by atoms with van der Waals surface area (Å²) in [4.78, 5) is 6.11. The first-order chi connectivity index (χ1) is 8.66. The monoisotopic (exact) mass is 266 g/mol. The molecule has 18 heavy (non-hydrogen) atoms. The number of anilines is 2. The first kappa shape index (κ1) is 11.3. The molecule has 0 radical (unpaired) electrons. The predicted octanol–water partition coefficient (Wildman–Crippen LogP) is 2.28. The third kappa shape index (κ3) is 1.71. The van der Waals surface area contributed by atoms with Gasteiger partial charge in [-0.1, -0.05) is 11.6 Å². The quantitative estimate of drug-likeness (QED) is 0.806. The van der Waals surface area contributed by atoms with E-state index in [2.05, 4.69) is 9.55 Å². The molecule has 1 aliphatic rings. The Balaban J connectivity index is 2.00. The maximum atomic E-state index is 14.1. The van der Waals surface area contributed by atoms with Gasteiger partial charge < -0.3 is 15.2 Å². The van der Waals surface area contributed by atoms with Crippen molar-refractivity contribution < 1.29 is 4.39 Å². The van der Waals surface area contributed by atoms with Crippen molar-refractivity contribution in [1.82, 2.24) is 9.55 Å². The van der Waals surface area contributed by atoms with Crippen LogP contribution in [0.15, 0.2) is 24.5 Å². The summed E-state index contributed by atoms with van der Waals surface area (Å²) >= 11 is 5.81. The zero-order valence-corrected chi connectivity index (χ0v) is 10.4. The van der Waals surface area contributed by atoms with Gasteiger partial charge in [-0.25, -0.2) is 9.37 Å². The van der Waals surface area contributed by atoms with Gasteiger partial charge in [-0.15, -0.1) is 0 Å². The number of aromatic nitrogens is 2. The van der Waals surface area contributed by atoms with Crippen molar-refractivity contribution in [2.75, 3.05) is 17.2 Å². The van der Waals surface area contributed by atoms with E-state index in [4.69, 9.17) is 17.3 Å². The SMILES string of the molecule is Nc1ccc(Cl)c(F)c1N1CCn2ccnc2C1. The fourth-order valence-electron chi connectivity index (χ4n) is 2.24. The number of halogens is 2. The molecule has 0 saturated carbocycles. The number of benzene rings is 1. The molecule has 2 heterocycles. The van der Waals surface area contributed by atoms with Crippen LogP contribution in [0.2, 0.25) is 5.02 Å². The van der Waals surface area contributed by atoms with Crippen LogP contribution in [0.3, 0.4) is 0 Å². The second kappa shape index (κ2) is 4.17. The second-order valence-electron chi connectivity index (χ2n) is 4.26. The lowest BCUT2D eigenvalue weighted by atomic mass is 10.2. The highest BCUT2D eigenvalue weighted by molar-refractivity contribution is 6.31. The third-order valence-corrected chi connectivity index (χ3v) is 3.45. The van der Waals surface area contributed by atoms with E-state index in [1.165, 1.54) is 6.07 Å². The third-order valence-electron chi connectivity index (χ3n) is 3.16. The normalized spacial score (nSPS) is 14.7. The Bertz CT molecular complexity index is 596. The fraction of sp³-hybridized carbons (Fsp3) is 0.250. The molecular formula is C12H12ClFN4. The molecule has 0 saturated heterocycles. The molecule has 2 N–H and O–H groups in total. The molecule has 0 unspecified atom stereocenters. The summed E-state index contributed by atoms with van der Waals surface area (Å²) in [5.74, 6) is 0.441. The Hall–Kier alpha value is -1.75. The summed E-state index contributed by atoms with van der Waals surface area (Å²) < 4.78 is 16.1. The van der Waals surface area contributed by atoms with Crippen molar-refractivity contribution in [3.05, 3.63) is 41.2 Å². The van der Waals surface area contributed by atoms with E-state index < -0.39 is 5.82 Å². The molecule has 0 aliphatic carbocycles. The van der Waals surface area contributed by atoms with Gasteiger partial charge in [-0.2, -0.15) is 0 Å². The maximum Gasteiger partial charge on any atom is 0.167 e. The van der Waals surface area contributed by atoms with E-state index >= 15 is 0 Å². The van der Waals surface area contributed by atoms with Gasteiger partial charge in [0.15, 0.2) is 5.82 Å². The highest BCUT2D eigenvalue weighted by Crippen LogP contribution is 2.33. The van der Waals surface area contributed by atoms with Gasteiger partial charge in [-0.05, 0) is 12.1 Å². The molecule has 1 aromatic heterocycles. The average Bonchev–Trinajstić information content (AvgIpc) is 2.82. The van der Waals surface area contributed by atoms with Crippen molar-refractivity contribution >= 4 is 23.0 Å². The zero-order valence-electron chi connectivity index (χ0n) is 9.61. The molecule has 0 fully saturated rings. The second-order valence-corrected chi connectivity index (χ2v) is 4.66. The van der Waals surface area contributed by atoms with Crippen molar-refractivity contribution in [1.29, 1.82) is 0 Å². The number of hydrogen-bond acceptors (Lipinski definition) is 3. The minimum atomic E-state index is -0.461. The van der Waals surface area contributed by atoms with E-state index in [1.54, 1.807) is 12.3 Å². The van der Waals surface area contributed by atoms with E-state index in [0.29, 0.717) is 24.5 Å². The molecule has 1 aromatic carbocycles. The Labute approximate surface area is 109 Å². The Morgan fingerprint density at radius 1 is 1.33 bits per heavy atom. The van der Waals surface area contributed by atoms with Crippen LogP contribution in [-0.2, 0) is 13.1 Å². The number of hydrogen-bond donors (Lipinski definition) is 1. The Morgan fingerprint density at radius 3 is 3.00 bits per heavy atom. The Morgan fingerprint density at radius 2 is 2.17 bits per heavy atom. The average molecular weight is 267 g/mol. The molecule has 1 aliphatic heterocycles. The summed E-state index contributed by atoms with van der Waals surface area (Å²) in [5, 5.41) is 0.0908. The molecule has 2 aromatic rings. The standard InChI is InChI=1S/C12H12ClFN4/c13-8-1-2-9(15)12(11(8)14)18-6-5-17-4-3-16-10(17)7-18/h1-4H,5-7,15H2. The number of nitrogens with two attached hydrogens (primary N) is 1. The molecular weight excluding hydrogens is 255 g/mol. The zero-order chi connectivity index (χ0) is 12.7. The highest BCUT2D eigenvalue weighted by atomic mass is 35.5. The van der Waals surface area contributed by atoms with Crippen LogP contribution in [0.4, 0.5) is 15.8 Å². The fourth-order valence-corrected chi connectivity index (χ4v) is 2.39. The van der Waals surface area contributed by atoms with Crippen LogP contribution in [0.5, 0.6) is 0 Å². The molecule has 0 spiro atoms. The lowest BCUT2D eigenvalue weighted by molar-refractivity contribution is 0.545. The summed E-state index contributed by atoms with van der Waals surface area (Å²) in [7, 11) is 0. The maximum absolute atomic E-state index is 14.1. The first-order valence-electron chi connectivity index (χ1n) is 5.65. The molecule has 0 atom stereocenters. The van der Waals surface area contributed by atoms with Gasteiger partial charge in [0.1, 0.15) is 5.82 Å². The Kier molecular flexibility index (Phi) is 2.63. The van der Waals surface area contributed by atoms with Crippen LogP contribution < -0.4 is 10.6 Å². The summed E-state index contributed by atoms with van der Waals surface area (Å²) in [6.07, 6.45) is 3.67. The van der Waals surface area contributed by atoms with Crippen molar-refractivity contribution in [3.8, 4) is 0 Å². The van der Waals surface area contributed by atoms with E-state index in [-0.39, 0.29) is 5.02 Å². The van der Waals surface area contributed by atoms with Gasteiger partial charge in [0.25, 0.3) is 0 Å². The van der Waals surface area contributed by atoms with Gasteiger partial charge in [-0.3, -0.25) is 0 Å². The summed E-state index contributed by atoms with van der Waals surface area (Å²) in [6, 6.07) is 3.10. The van der Waals surface area contributed by atoms with Crippen LogP contribution in [0, 0.1) is 5.82 Å². The summed E-state index contributed by atoms with van der Waals surface area (Å²) in [5.41, 5.74) is 6.62. The minimum absolute atomic E-state index is 0.0908. The molecule has 0 bridgehead atoms. The van der Waals surface area contributed by atoms with Gasteiger partial charge in [0.2, 0.25) is 0 Å². The molecule has 4 nitrogen and oxygen atoms in total. The number of rotatable bonds is 1. The van der Waals surface area contributed by atoms with Crippen molar-refractivity contribution in [2.45, 2.75) is 13.1 Å². The molecule has 94 valence electrons. The lowest BCUT2D eigenvalue weighted by Gasteiger charge is -2.30. The van der Waals surface area contributed by atoms with E-state index in [1.807, 2.05) is 11.1 Å². The van der Waals surface area contributed by atoms with E-state index in [9.17, 15) is 4.39 Å². The van der Waals surface area contributed by atoms with Gasteiger partial charge in [0.05, 0.1) is 22.9 Å². The van der Waals surface area contributed by atoms with Crippen molar-refractivity contribution in [3.63, 3.8) is 0 Å². The topological polar surface area (TPSA) is 47.1 Å². The van der Waals surface area contributed by atoms with Gasteiger partial charge >= 0.3 is 0 Å². The van der Waals surface area contributed by atoms with Gasteiger partial charge in [0, 0.05) is 25.5 Å². The molecule has 3 rings (SSSR count). The lowest BCUT2D eigenvalue weighted by Crippen LogP contribution is -2.34. The summed E-state index contributed by atoms with van der Waals surface area (Å²) in [6.45, 7) is 1.99. The van der Waals surface area contributed by atoms with Crippen molar-refractivity contribution in [2.24, 2.45) is 0 Å². The number of fused-ring (bicyclic) bond motifs is 1. The largest absolute Gasteiger partial charge is 0.397 e. The molecule has 0 amide bonds. The smallest absolute Gasteiger partial charge is 0.167 e. The van der Waals surface area contributed by atoms with Crippen LogP contribution in [0.1, 0.15) is 5.82 Å². The molecule has 6 heteroatoms. The van der Waals surface area contributed by atoms with Crippen LogP contribution in [-0.4, -0.2) is 16.1 Å². The highest BCUT2D eigenvalue weighted by Gasteiger charge is 2.22.